The van der Waals surface area contributed by atoms with Gasteiger partial charge in [0.05, 0.1) is 0 Å². The summed E-state index contributed by atoms with van der Waals surface area (Å²) in [7, 11) is 0. The molecule has 1 aromatic carbocycles. The molecule has 2 fully saturated rings. The second-order valence-electron chi connectivity index (χ2n) is 8.90. The number of piperidine rings is 1. The summed E-state index contributed by atoms with van der Waals surface area (Å²) < 4.78 is 5.51. The number of nitrogens with one attached hydrogen (secondary N) is 1. The van der Waals surface area contributed by atoms with Gasteiger partial charge in [-0.3, -0.25) is 14.6 Å². The quantitative estimate of drug-likeness (QED) is 0.862. The van der Waals surface area contributed by atoms with Crippen LogP contribution in [0.25, 0.3) is 0 Å². The van der Waals surface area contributed by atoms with E-state index < -0.39 is 11.6 Å². The molecule has 1 N–H and O–H groups in total. The van der Waals surface area contributed by atoms with Crippen LogP contribution >= 0.6 is 0 Å². The second-order valence-corrected chi connectivity index (χ2v) is 8.90. The zero-order chi connectivity index (χ0) is 20.1. The highest BCUT2D eigenvalue weighted by atomic mass is 16.6. The van der Waals surface area contributed by atoms with Gasteiger partial charge in [-0.1, -0.05) is 30.3 Å². The van der Waals surface area contributed by atoms with E-state index in [1.54, 1.807) is 4.90 Å². The molecule has 154 valence electrons. The van der Waals surface area contributed by atoms with Gasteiger partial charge in [-0.05, 0) is 52.0 Å². The molecule has 3 rings (SSSR count). The lowest BCUT2D eigenvalue weighted by atomic mass is 10.0. The summed E-state index contributed by atoms with van der Waals surface area (Å²) in [5, 5.41) is 3.18. The van der Waals surface area contributed by atoms with Crippen molar-refractivity contribution in [2.45, 2.75) is 70.7 Å². The summed E-state index contributed by atoms with van der Waals surface area (Å²) in [6, 6.07) is 10.1. The molecule has 2 heterocycles. The average molecular weight is 388 g/mol. The van der Waals surface area contributed by atoms with Gasteiger partial charge in [0.15, 0.2) is 0 Å². The fourth-order valence-electron chi connectivity index (χ4n) is 3.98. The minimum atomic E-state index is -0.557. The van der Waals surface area contributed by atoms with Crippen molar-refractivity contribution in [2.24, 2.45) is 0 Å². The van der Waals surface area contributed by atoms with Gasteiger partial charge in [0.2, 0.25) is 5.91 Å². The van der Waals surface area contributed by atoms with Crippen LogP contribution in [0.2, 0.25) is 0 Å². The molecule has 2 atom stereocenters. The molecular weight excluding hydrogens is 354 g/mol. The number of benzene rings is 1. The maximum Gasteiger partial charge on any atom is 0.410 e. The Hall–Kier alpha value is -2.08. The largest absolute Gasteiger partial charge is 0.444 e. The van der Waals surface area contributed by atoms with Crippen LogP contribution < -0.4 is 5.32 Å². The molecule has 2 amide bonds. The van der Waals surface area contributed by atoms with Gasteiger partial charge in [-0.15, -0.1) is 0 Å². The molecule has 2 saturated heterocycles. The highest BCUT2D eigenvalue weighted by Gasteiger charge is 2.36. The normalized spacial score (nSPS) is 23.5. The van der Waals surface area contributed by atoms with Crippen LogP contribution in [0.5, 0.6) is 0 Å². The molecule has 2 aliphatic rings. The Morgan fingerprint density at radius 2 is 1.86 bits per heavy atom. The molecule has 6 heteroatoms. The predicted molar refractivity (Wildman–Crippen MR) is 109 cm³/mol. The second kappa shape index (κ2) is 8.95. The Bertz CT molecular complexity index is 671. The van der Waals surface area contributed by atoms with Crippen LogP contribution in [0, 0.1) is 0 Å². The van der Waals surface area contributed by atoms with E-state index in [1.165, 1.54) is 5.56 Å². The summed E-state index contributed by atoms with van der Waals surface area (Å²) in [4.78, 5) is 29.4. The summed E-state index contributed by atoms with van der Waals surface area (Å²) in [6.07, 6.45) is 3.13. The molecule has 2 unspecified atom stereocenters. The molecular formula is C22H33N3O3. The van der Waals surface area contributed by atoms with Gasteiger partial charge in [0.25, 0.3) is 0 Å². The lowest BCUT2D eigenvalue weighted by Gasteiger charge is -2.36. The Kier molecular flexibility index (Phi) is 6.60. The summed E-state index contributed by atoms with van der Waals surface area (Å²) in [5.41, 5.74) is 0.733. The molecule has 0 spiro atoms. The zero-order valence-corrected chi connectivity index (χ0v) is 17.3. The van der Waals surface area contributed by atoms with Crippen molar-refractivity contribution in [1.82, 2.24) is 15.1 Å². The first kappa shape index (κ1) is 20.6. The highest BCUT2D eigenvalue weighted by Crippen LogP contribution is 2.21. The number of likely N-dealkylation sites (tertiary alicyclic amines) is 2. The molecule has 28 heavy (non-hydrogen) atoms. The lowest BCUT2D eigenvalue weighted by Crippen LogP contribution is -2.54. The standard InChI is InChI=1S/C22H33N3O3/c1-22(2,3)28-21(27)25-13-8-7-11-19(25)20(26)23-18-12-14-24(16-18)15-17-9-5-4-6-10-17/h4-6,9-10,18-19H,7-8,11-16H2,1-3H3,(H,23,26). The maximum atomic E-state index is 12.9. The summed E-state index contributed by atoms with van der Waals surface area (Å²) in [5.74, 6) is -0.0443. The summed E-state index contributed by atoms with van der Waals surface area (Å²) in [6.45, 7) is 8.86. The molecule has 0 saturated carbocycles. The number of carbonyl (C=O) groups is 2. The SMILES string of the molecule is CC(C)(C)OC(=O)N1CCCCC1C(=O)NC1CCN(Cc2ccccc2)C1. The Labute approximate surface area is 168 Å². The molecule has 6 nitrogen and oxygen atoms in total. The topological polar surface area (TPSA) is 61.9 Å². The number of hydrogen-bond donors (Lipinski definition) is 1. The van der Waals surface area contributed by atoms with Crippen molar-refractivity contribution in [3.63, 3.8) is 0 Å². The van der Waals surface area contributed by atoms with Crippen molar-refractivity contribution in [3.8, 4) is 0 Å². The molecule has 2 aliphatic heterocycles. The first-order valence-corrected chi connectivity index (χ1v) is 10.4. The summed E-state index contributed by atoms with van der Waals surface area (Å²) >= 11 is 0. The number of amides is 2. The van der Waals surface area contributed by atoms with Crippen molar-refractivity contribution in [1.29, 1.82) is 0 Å². The van der Waals surface area contributed by atoms with Gasteiger partial charge in [-0.2, -0.15) is 0 Å². The molecule has 0 radical (unpaired) electrons. The van der Waals surface area contributed by atoms with Crippen LogP contribution in [-0.2, 0) is 16.1 Å². The monoisotopic (exact) mass is 387 g/mol. The minimum absolute atomic E-state index is 0.0443. The first-order chi connectivity index (χ1) is 13.3. The van der Waals surface area contributed by atoms with Gasteiger partial charge in [-0.25, -0.2) is 4.79 Å². The van der Waals surface area contributed by atoms with E-state index in [9.17, 15) is 9.59 Å². The van der Waals surface area contributed by atoms with E-state index in [0.717, 1.165) is 38.9 Å². The van der Waals surface area contributed by atoms with Gasteiger partial charge >= 0.3 is 6.09 Å². The Balaban J connectivity index is 1.53. The Morgan fingerprint density at radius 1 is 1.11 bits per heavy atom. The van der Waals surface area contributed by atoms with E-state index in [4.69, 9.17) is 4.74 Å². The van der Waals surface area contributed by atoms with Crippen molar-refractivity contribution in [3.05, 3.63) is 35.9 Å². The van der Waals surface area contributed by atoms with Crippen LogP contribution in [0.3, 0.4) is 0 Å². The predicted octanol–water partition coefficient (Wildman–Crippen LogP) is 3.17. The minimum Gasteiger partial charge on any atom is -0.444 e. The third kappa shape index (κ3) is 5.71. The molecule has 0 bridgehead atoms. The number of hydrogen-bond acceptors (Lipinski definition) is 4. The van der Waals surface area contributed by atoms with Crippen LogP contribution in [0.4, 0.5) is 4.79 Å². The van der Waals surface area contributed by atoms with Crippen molar-refractivity contribution in [2.75, 3.05) is 19.6 Å². The van der Waals surface area contributed by atoms with Crippen LogP contribution in [-0.4, -0.2) is 59.1 Å². The lowest BCUT2D eigenvalue weighted by molar-refractivity contribution is -0.128. The molecule has 1 aromatic rings. The molecule has 0 aromatic heterocycles. The third-order valence-corrected chi connectivity index (χ3v) is 5.30. The maximum absolute atomic E-state index is 12.9. The van der Waals surface area contributed by atoms with E-state index in [1.807, 2.05) is 26.8 Å². The highest BCUT2D eigenvalue weighted by molar-refractivity contribution is 5.86. The zero-order valence-electron chi connectivity index (χ0n) is 17.3. The van der Waals surface area contributed by atoms with Gasteiger partial charge in [0, 0.05) is 32.2 Å². The number of ether oxygens (including phenoxy) is 1. The van der Waals surface area contributed by atoms with Crippen LogP contribution in [0.15, 0.2) is 30.3 Å². The van der Waals surface area contributed by atoms with Gasteiger partial charge in [0.1, 0.15) is 11.6 Å². The third-order valence-electron chi connectivity index (χ3n) is 5.30. The smallest absolute Gasteiger partial charge is 0.410 e. The van der Waals surface area contributed by atoms with Crippen LogP contribution in [0.1, 0.15) is 52.0 Å². The first-order valence-electron chi connectivity index (χ1n) is 10.4. The molecule has 0 aliphatic carbocycles. The van der Waals surface area contributed by atoms with E-state index >= 15 is 0 Å². The number of rotatable bonds is 4. The average Bonchev–Trinajstić information content (AvgIpc) is 3.08. The number of carbonyl (C=O) groups excluding carboxylic acids is 2. The van der Waals surface area contributed by atoms with Gasteiger partial charge < -0.3 is 10.1 Å². The fourth-order valence-corrected chi connectivity index (χ4v) is 3.98. The van der Waals surface area contributed by atoms with E-state index in [0.29, 0.717) is 13.0 Å². The van der Waals surface area contributed by atoms with Crippen molar-refractivity contribution >= 4 is 12.0 Å². The van der Waals surface area contributed by atoms with Crippen molar-refractivity contribution < 1.29 is 14.3 Å². The fraction of sp³-hybridized carbons (Fsp3) is 0.636. The van der Waals surface area contributed by atoms with E-state index in [-0.39, 0.29) is 18.0 Å². The Morgan fingerprint density at radius 3 is 2.57 bits per heavy atom. The van der Waals surface area contributed by atoms with E-state index in [2.05, 4.69) is 34.5 Å². The number of nitrogens with zero attached hydrogens (tertiary/aromatic N) is 2.